The second-order valence-corrected chi connectivity index (χ2v) is 8.45. The van der Waals surface area contributed by atoms with Crippen LogP contribution in [-0.4, -0.2) is 43.3 Å². The number of fused-ring (bicyclic) bond motifs is 1. The van der Waals surface area contributed by atoms with Crippen LogP contribution in [0.4, 0.5) is 0 Å². The first-order valence-electron chi connectivity index (χ1n) is 10.5. The van der Waals surface area contributed by atoms with Crippen molar-refractivity contribution in [2.45, 2.75) is 32.7 Å². The van der Waals surface area contributed by atoms with Crippen LogP contribution in [0.25, 0.3) is 5.70 Å². The van der Waals surface area contributed by atoms with Crippen molar-refractivity contribution < 1.29 is 19.1 Å². The van der Waals surface area contributed by atoms with E-state index in [-0.39, 0.29) is 23.1 Å². The third-order valence-electron chi connectivity index (χ3n) is 5.20. The monoisotopic (exact) mass is 435 g/mol. The third kappa shape index (κ3) is 5.75. The molecule has 1 aliphatic heterocycles. The number of hydrogen-bond donors (Lipinski definition) is 3. The van der Waals surface area contributed by atoms with Crippen molar-refractivity contribution >= 4 is 23.3 Å². The summed E-state index contributed by atoms with van der Waals surface area (Å²) in [5.74, 6) is 0.173. The zero-order chi connectivity index (χ0) is 23.3. The van der Waals surface area contributed by atoms with E-state index < -0.39 is 0 Å². The first-order chi connectivity index (χ1) is 15.2. The first-order valence-corrected chi connectivity index (χ1v) is 10.5. The third-order valence-corrected chi connectivity index (χ3v) is 5.20. The van der Waals surface area contributed by atoms with Crippen LogP contribution in [-0.2, 0) is 11.2 Å². The molecule has 168 valence electrons. The maximum Gasteiger partial charge on any atom is 0.251 e. The molecule has 0 saturated heterocycles. The van der Waals surface area contributed by atoms with Crippen LogP contribution in [0.2, 0.25) is 0 Å². The lowest BCUT2D eigenvalue weighted by Crippen LogP contribution is -2.43. The molecule has 2 aromatic carbocycles. The minimum atomic E-state index is -0.260. The summed E-state index contributed by atoms with van der Waals surface area (Å²) in [6.07, 6.45) is 2.44. The Morgan fingerprint density at radius 2 is 1.69 bits per heavy atom. The molecular formula is C25H29N3O4. The van der Waals surface area contributed by atoms with Crippen LogP contribution in [0.5, 0.6) is 5.75 Å². The van der Waals surface area contributed by atoms with Gasteiger partial charge in [-0.2, -0.15) is 0 Å². The van der Waals surface area contributed by atoms with Gasteiger partial charge in [-0.25, -0.2) is 0 Å². The molecule has 3 N–H and O–H groups in total. The van der Waals surface area contributed by atoms with Gasteiger partial charge in [-0.3, -0.25) is 14.4 Å². The highest BCUT2D eigenvalue weighted by Crippen LogP contribution is 2.32. The van der Waals surface area contributed by atoms with Crippen LogP contribution in [0, 0.1) is 0 Å². The van der Waals surface area contributed by atoms with Crippen molar-refractivity contribution in [1.29, 1.82) is 0 Å². The summed E-state index contributed by atoms with van der Waals surface area (Å²) in [5, 5.41) is 8.80. The molecule has 2 aromatic rings. The lowest BCUT2D eigenvalue weighted by molar-refractivity contribution is -0.118. The number of benzene rings is 2. The van der Waals surface area contributed by atoms with E-state index in [0.717, 1.165) is 29.0 Å². The number of amides is 2. The maximum absolute atomic E-state index is 13.0. The van der Waals surface area contributed by atoms with E-state index in [2.05, 4.69) is 29.8 Å². The number of carbonyl (C=O) groups excluding carboxylic acids is 3. The van der Waals surface area contributed by atoms with Crippen LogP contribution in [0.1, 0.15) is 52.6 Å². The maximum atomic E-state index is 13.0. The summed E-state index contributed by atoms with van der Waals surface area (Å²) in [6, 6.07) is 12.4. The van der Waals surface area contributed by atoms with Gasteiger partial charge in [0, 0.05) is 54.0 Å². The SMILES string of the molecule is COc1ccc2c(c1)C(=CC(=O)c1ccc(C(=O)NCCNC(C)=O)cc1)NC(C)(C)C2. The number of allylic oxidation sites excluding steroid dienone is 1. The number of hydrogen-bond acceptors (Lipinski definition) is 5. The standard InChI is InChI=1S/C25H29N3O4/c1-16(29)26-11-12-27-24(31)18-7-5-17(6-8-18)23(30)14-22-21-13-20(32-4)10-9-19(21)15-25(2,3)28-22/h5-10,13-14,28H,11-12,15H2,1-4H3,(H,26,29)(H,27,31). The smallest absolute Gasteiger partial charge is 0.251 e. The van der Waals surface area contributed by atoms with Gasteiger partial charge in [0.05, 0.1) is 7.11 Å². The Morgan fingerprint density at radius 3 is 2.34 bits per heavy atom. The van der Waals surface area contributed by atoms with Gasteiger partial charge >= 0.3 is 0 Å². The summed E-state index contributed by atoms with van der Waals surface area (Å²) < 4.78 is 5.35. The Labute approximate surface area is 188 Å². The van der Waals surface area contributed by atoms with Crippen molar-refractivity contribution in [3.05, 3.63) is 70.8 Å². The Morgan fingerprint density at radius 1 is 1.03 bits per heavy atom. The van der Waals surface area contributed by atoms with Crippen molar-refractivity contribution in [2.75, 3.05) is 20.2 Å². The molecule has 0 radical (unpaired) electrons. The van der Waals surface area contributed by atoms with Gasteiger partial charge < -0.3 is 20.7 Å². The second kappa shape index (κ2) is 9.68. The van der Waals surface area contributed by atoms with Crippen molar-refractivity contribution in [3.63, 3.8) is 0 Å². The predicted octanol–water partition coefficient (Wildman–Crippen LogP) is 2.71. The summed E-state index contributed by atoms with van der Waals surface area (Å²) in [7, 11) is 1.62. The molecule has 7 nitrogen and oxygen atoms in total. The van der Waals surface area contributed by atoms with Gasteiger partial charge in [0.25, 0.3) is 5.91 Å². The fourth-order valence-electron chi connectivity index (χ4n) is 3.67. The van der Waals surface area contributed by atoms with E-state index in [1.54, 1.807) is 37.5 Å². The zero-order valence-electron chi connectivity index (χ0n) is 18.9. The molecule has 0 atom stereocenters. The first kappa shape index (κ1) is 23.1. The number of nitrogens with one attached hydrogen (secondary N) is 3. The van der Waals surface area contributed by atoms with Crippen molar-refractivity contribution in [3.8, 4) is 5.75 Å². The number of ketones is 1. The number of rotatable bonds is 7. The van der Waals surface area contributed by atoms with Gasteiger partial charge in [-0.15, -0.1) is 0 Å². The van der Waals surface area contributed by atoms with E-state index in [9.17, 15) is 14.4 Å². The quantitative estimate of drug-likeness (QED) is 0.353. The van der Waals surface area contributed by atoms with Gasteiger partial charge in [0.1, 0.15) is 5.75 Å². The summed E-state index contributed by atoms with van der Waals surface area (Å²) in [4.78, 5) is 36.0. The topological polar surface area (TPSA) is 96.5 Å². The van der Waals surface area contributed by atoms with E-state index in [1.807, 2.05) is 18.2 Å². The molecule has 0 aliphatic carbocycles. The molecule has 0 saturated carbocycles. The lowest BCUT2D eigenvalue weighted by atomic mass is 9.85. The molecule has 0 aromatic heterocycles. The van der Waals surface area contributed by atoms with E-state index in [1.165, 1.54) is 6.92 Å². The largest absolute Gasteiger partial charge is 0.497 e. The Kier molecular flexibility index (Phi) is 6.98. The van der Waals surface area contributed by atoms with Crippen molar-refractivity contribution in [2.24, 2.45) is 0 Å². The highest BCUT2D eigenvalue weighted by molar-refractivity contribution is 6.09. The molecule has 0 bridgehead atoms. The summed E-state index contributed by atoms with van der Waals surface area (Å²) in [5.41, 5.74) is 3.60. The lowest BCUT2D eigenvalue weighted by Gasteiger charge is -2.35. The van der Waals surface area contributed by atoms with Gasteiger partial charge in [-0.1, -0.05) is 18.2 Å². The number of carbonyl (C=O) groups is 3. The minimum Gasteiger partial charge on any atom is -0.497 e. The molecule has 3 rings (SSSR count). The zero-order valence-corrected chi connectivity index (χ0v) is 18.9. The average Bonchev–Trinajstić information content (AvgIpc) is 2.75. The summed E-state index contributed by atoms with van der Waals surface area (Å²) >= 11 is 0. The average molecular weight is 436 g/mol. The molecular weight excluding hydrogens is 406 g/mol. The van der Waals surface area contributed by atoms with E-state index in [4.69, 9.17) is 4.74 Å². The van der Waals surface area contributed by atoms with Gasteiger partial charge in [-0.05, 0) is 50.1 Å². The second-order valence-electron chi connectivity index (χ2n) is 8.45. The van der Waals surface area contributed by atoms with Crippen molar-refractivity contribution in [1.82, 2.24) is 16.0 Å². The molecule has 32 heavy (non-hydrogen) atoms. The number of ether oxygens (including phenoxy) is 1. The highest BCUT2D eigenvalue weighted by Gasteiger charge is 2.28. The molecule has 7 heteroatoms. The molecule has 1 aliphatic rings. The van der Waals surface area contributed by atoms with Crippen LogP contribution >= 0.6 is 0 Å². The van der Waals surface area contributed by atoms with E-state index in [0.29, 0.717) is 24.2 Å². The molecule has 0 fully saturated rings. The Hall–Kier alpha value is -3.61. The highest BCUT2D eigenvalue weighted by atomic mass is 16.5. The molecule has 1 heterocycles. The Bertz CT molecular complexity index is 1060. The molecule has 0 spiro atoms. The van der Waals surface area contributed by atoms with Crippen LogP contribution in [0.15, 0.2) is 48.5 Å². The fourth-order valence-corrected chi connectivity index (χ4v) is 3.67. The molecule has 0 unspecified atom stereocenters. The molecule has 2 amide bonds. The Balaban J connectivity index is 1.75. The van der Waals surface area contributed by atoms with E-state index >= 15 is 0 Å². The van der Waals surface area contributed by atoms with Crippen LogP contribution in [0.3, 0.4) is 0 Å². The normalized spacial score (nSPS) is 15.3. The van der Waals surface area contributed by atoms with Gasteiger partial charge in [0.15, 0.2) is 5.78 Å². The van der Waals surface area contributed by atoms with Crippen LogP contribution < -0.4 is 20.7 Å². The number of methoxy groups -OCH3 is 1. The minimum absolute atomic E-state index is 0.145. The predicted molar refractivity (Wildman–Crippen MR) is 124 cm³/mol. The van der Waals surface area contributed by atoms with Gasteiger partial charge in [0.2, 0.25) is 5.91 Å². The fraction of sp³-hybridized carbons (Fsp3) is 0.320. The summed E-state index contributed by atoms with van der Waals surface area (Å²) in [6.45, 7) is 6.30.